The number of rotatable bonds is 1. The highest BCUT2D eigenvalue weighted by molar-refractivity contribution is 5.41. The van der Waals surface area contributed by atoms with E-state index in [0.717, 1.165) is 11.1 Å². The van der Waals surface area contributed by atoms with Gasteiger partial charge in [-0.1, -0.05) is 31.2 Å². The molecule has 0 spiro atoms. The highest BCUT2D eigenvalue weighted by Gasteiger charge is 2.44. The summed E-state index contributed by atoms with van der Waals surface area (Å²) in [6, 6.07) is 8.85. The topological polar surface area (TPSA) is 48.4 Å². The minimum absolute atomic E-state index is 0.0730. The van der Waals surface area contributed by atoms with Gasteiger partial charge in [0, 0.05) is 5.92 Å². The zero-order valence-electron chi connectivity index (χ0n) is 8.96. The first kappa shape index (κ1) is 10.7. The second-order valence-electron chi connectivity index (χ2n) is 4.16. The number of aliphatic hydroxyl groups excluding tert-OH is 1. The molecule has 3 nitrogen and oxygen atoms in total. The molecule has 2 rings (SSSR count). The van der Waals surface area contributed by atoms with Crippen molar-refractivity contribution in [3.05, 3.63) is 46.8 Å². The van der Waals surface area contributed by atoms with Crippen LogP contribution >= 0.6 is 0 Å². The van der Waals surface area contributed by atoms with E-state index in [-0.39, 0.29) is 11.8 Å². The Balaban J connectivity index is 2.50. The Morgan fingerprint density at radius 1 is 1.44 bits per heavy atom. The lowest BCUT2D eigenvalue weighted by atomic mass is 9.87. The zero-order valence-corrected chi connectivity index (χ0v) is 8.96. The van der Waals surface area contributed by atoms with Crippen molar-refractivity contribution in [2.24, 2.45) is 5.92 Å². The summed E-state index contributed by atoms with van der Waals surface area (Å²) in [4.78, 5) is 3.35. The monoisotopic (exact) mass is 212 g/mol. The molecule has 0 saturated carbocycles. The van der Waals surface area contributed by atoms with E-state index in [1.54, 1.807) is 0 Å². The molecule has 0 aliphatic heterocycles. The largest absolute Gasteiger partial charge is 0.388 e. The van der Waals surface area contributed by atoms with Crippen LogP contribution in [0.3, 0.4) is 0 Å². The van der Waals surface area contributed by atoms with E-state index in [2.05, 4.69) is 4.85 Å². The fraction of sp³-hybridized carbons (Fsp3) is 0.385. The maximum Gasteiger partial charge on any atom is 0.314 e. The van der Waals surface area contributed by atoms with Crippen LogP contribution in [0, 0.1) is 23.8 Å². The molecule has 0 amide bonds. The maximum atomic E-state index is 10.0. The van der Waals surface area contributed by atoms with Crippen LogP contribution in [-0.2, 0) is 0 Å². The number of nitriles is 1. The van der Waals surface area contributed by atoms with Crippen LogP contribution in [-0.4, -0.2) is 11.1 Å². The predicted octanol–water partition coefficient (Wildman–Crippen LogP) is 2.26. The molecule has 0 saturated heterocycles. The molecular formula is C13H12N2O. The van der Waals surface area contributed by atoms with Crippen molar-refractivity contribution in [2.45, 2.75) is 25.0 Å². The molecule has 1 N–H and O–H groups in total. The van der Waals surface area contributed by atoms with Gasteiger partial charge in [-0.05, 0) is 11.1 Å². The minimum atomic E-state index is -0.701. The SMILES string of the molecule is [C-]#[N+]C(C#N)[C@H]1c2ccccc2[C@@H](O)[C@H]1C. The van der Waals surface area contributed by atoms with Crippen molar-refractivity contribution in [1.82, 2.24) is 0 Å². The Hall–Kier alpha value is -1.84. The fourth-order valence-corrected chi connectivity index (χ4v) is 2.49. The normalized spacial score (nSPS) is 28.9. The summed E-state index contributed by atoms with van der Waals surface area (Å²) in [7, 11) is 0. The van der Waals surface area contributed by atoms with Crippen molar-refractivity contribution in [3.63, 3.8) is 0 Å². The number of hydrogen-bond acceptors (Lipinski definition) is 2. The Labute approximate surface area is 94.8 Å². The second-order valence-corrected chi connectivity index (χ2v) is 4.16. The van der Waals surface area contributed by atoms with Gasteiger partial charge in [-0.15, -0.1) is 0 Å². The second kappa shape index (κ2) is 3.96. The summed E-state index contributed by atoms with van der Waals surface area (Å²) >= 11 is 0. The van der Waals surface area contributed by atoms with Gasteiger partial charge in [0.2, 0.25) is 0 Å². The van der Waals surface area contributed by atoms with Crippen LogP contribution in [0.4, 0.5) is 0 Å². The van der Waals surface area contributed by atoms with Crippen LogP contribution in [0.1, 0.15) is 30.1 Å². The van der Waals surface area contributed by atoms with Crippen LogP contribution in [0.15, 0.2) is 24.3 Å². The smallest absolute Gasteiger partial charge is 0.314 e. The average molecular weight is 212 g/mol. The summed E-state index contributed by atoms with van der Waals surface area (Å²) in [6.45, 7) is 8.94. The standard InChI is InChI=1S/C13H12N2O/c1-8-12(11(7-14)15-2)9-5-3-4-6-10(9)13(8)16/h3-6,8,11-13,16H,1H3/t8-,11?,12+,13-/m0/s1. The molecule has 3 heteroatoms. The van der Waals surface area contributed by atoms with Crippen LogP contribution in [0.5, 0.6) is 0 Å². The third kappa shape index (κ3) is 1.38. The molecule has 0 aromatic heterocycles. The van der Waals surface area contributed by atoms with E-state index in [0.29, 0.717) is 0 Å². The molecule has 4 atom stereocenters. The van der Waals surface area contributed by atoms with E-state index in [1.807, 2.05) is 37.3 Å². The number of aliphatic hydroxyl groups is 1. The first-order chi connectivity index (χ1) is 7.70. The molecule has 1 unspecified atom stereocenters. The molecular weight excluding hydrogens is 200 g/mol. The minimum Gasteiger partial charge on any atom is -0.388 e. The number of benzene rings is 1. The fourth-order valence-electron chi connectivity index (χ4n) is 2.49. The maximum absolute atomic E-state index is 10.0. The average Bonchev–Trinajstić information content (AvgIpc) is 2.57. The Morgan fingerprint density at radius 3 is 2.62 bits per heavy atom. The number of fused-ring (bicyclic) bond motifs is 1. The van der Waals surface area contributed by atoms with E-state index in [1.165, 1.54) is 0 Å². The molecule has 0 bridgehead atoms. The molecule has 0 radical (unpaired) electrons. The lowest BCUT2D eigenvalue weighted by molar-refractivity contribution is 0.120. The van der Waals surface area contributed by atoms with E-state index < -0.39 is 12.1 Å². The molecule has 0 fully saturated rings. The molecule has 80 valence electrons. The highest BCUT2D eigenvalue weighted by Crippen LogP contribution is 2.47. The molecule has 0 heterocycles. The van der Waals surface area contributed by atoms with Crippen LogP contribution in [0.2, 0.25) is 0 Å². The van der Waals surface area contributed by atoms with E-state index >= 15 is 0 Å². The molecule has 1 aromatic rings. The van der Waals surface area contributed by atoms with Gasteiger partial charge in [-0.25, -0.2) is 6.57 Å². The summed E-state index contributed by atoms with van der Waals surface area (Å²) in [5.74, 6) is -0.246. The van der Waals surface area contributed by atoms with Crippen molar-refractivity contribution in [1.29, 1.82) is 5.26 Å². The van der Waals surface area contributed by atoms with Gasteiger partial charge in [0.25, 0.3) is 0 Å². The summed E-state index contributed by atoms with van der Waals surface area (Å²) < 4.78 is 0. The van der Waals surface area contributed by atoms with Gasteiger partial charge < -0.3 is 5.11 Å². The summed E-state index contributed by atoms with van der Waals surface area (Å²) in [6.07, 6.45) is -0.557. The lowest BCUT2D eigenvalue weighted by Gasteiger charge is -2.15. The summed E-state index contributed by atoms with van der Waals surface area (Å²) in [5, 5.41) is 19.0. The van der Waals surface area contributed by atoms with E-state index in [9.17, 15) is 5.11 Å². The first-order valence-corrected chi connectivity index (χ1v) is 5.23. The quantitative estimate of drug-likeness (QED) is 0.726. The van der Waals surface area contributed by atoms with Crippen LogP contribution in [0.25, 0.3) is 4.85 Å². The highest BCUT2D eigenvalue weighted by atomic mass is 16.3. The molecule has 1 aliphatic rings. The van der Waals surface area contributed by atoms with Gasteiger partial charge in [0.15, 0.2) is 6.07 Å². The summed E-state index contributed by atoms with van der Waals surface area (Å²) in [5.41, 5.74) is 1.81. The van der Waals surface area contributed by atoms with Crippen molar-refractivity contribution < 1.29 is 5.11 Å². The number of nitrogens with zero attached hydrogens (tertiary/aromatic N) is 2. The van der Waals surface area contributed by atoms with Crippen molar-refractivity contribution in [2.75, 3.05) is 0 Å². The zero-order chi connectivity index (χ0) is 11.7. The van der Waals surface area contributed by atoms with Gasteiger partial charge in [0.1, 0.15) is 0 Å². The molecule has 1 aromatic carbocycles. The van der Waals surface area contributed by atoms with Gasteiger partial charge in [-0.2, -0.15) is 5.26 Å². The Kier molecular flexibility index (Phi) is 2.64. The molecule has 1 aliphatic carbocycles. The van der Waals surface area contributed by atoms with Crippen molar-refractivity contribution in [3.8, 4) is 6.07 Å². The Bertz CT molecular complexity index is 469. The lowest BCUT2D eigenvalue weighted by Crippen LogP contribution is -2.18. The van der Waals surface area contributed by atoms with Gasteiger partial charge in [0.05, 0.1) is 12.0 Å². The Morgan fingerprint density at radius 2 is 2.06 bits per heavy atom. The van der Waals surface area contributed by atoms with E-state index in [4.69, 9.17) is 11.8 Å². The first-order valence-electron chi connectivity index (χ1n) is 5.23. The van der Waals surface area contributed by atoms with Crippen LogP contribution < -0.4 is 0 Å². The van der Waals surface area contributed by atoms with Gasteiger partial charge in [-0.3, -0.25) is 4.85 Å². The third-order valence-corrected chi connectivity index (χ3v) is 3.35. The third-order valence-electron chi connectivity index (χ3n) is 3.35. The predicted molar refractivity (Wildman–Crippen MR) is 59.3 cm³/mol. The molecule has 16 heavy (non-hydrogen) atoms. The van der Waals surface area contributed by atoms with Crippen molar-refractivity contribution >= 4 is 0 Å². The number of hydrogen-bond donors (Lipinski definition) is 1. The van der Waals surface area contributed by atoms with Gasteiger partial charge >= 0.3 is 6.04 Å².